The molecule has 1 aliphatic carbocycles. The number of alkyl halides is 6. The molecule has 0 aliphatic heterocycles. The Labute approximate surface area is 110 Å². The van der Waals surface area contributed by atoms with Crippen molar-refractivity contribution in [2.24, 2.45) is 0 Å². The Bertz CT molecular complexity index is 519. The number of benzene rings is 1. The maximum Gasteiger partial charge on any atom is 0.378 e. The van der Waals surface area contributed by atoms with Crippen LogP contribution in [-0.4, -0.2) is 28.5 Å². The fourth-order valence-corrected chi connectivity index (χ4v) is 2.16. The highest BCUT2D eigenvalue weighted by molar-refractivity contribution is 5.65. The Morgan fingerprint density at radius 3 is 1.80 bits per heavy atom. The topological polar surface area (TPSA) is 20.2 Å². The molecule has 2 rings (SSSR count). The van der Waals surface area contributed by atoms with E-state index in [2.05, 4.69) is 6.58 Å². The van der Waals surface area contributed by atoms with E-state index in [1.54, 1.807) is 6.07 Å². The van der Waals surface area contributed by atoms with Crippen molar-refractivity contribution in [1.82, 2.24) is 0 Å². The number of rotatable bonds is 3. The van der Waals surface area contributed by atoms with Crippen molar-refractivity contribution in [3.63, 3.8) is 0 Å². The van der Waals surface area contributed by atoms with E-state index in [0.29, 0.717) is 0 Å². The molecule has 1 aliphatic rings. The number of aliphatic hydroxyl groups is 1. The molecule has 0 heterocycles. The minimum absolute atomic E-state index is 0.211. The fraction of sp³-hybridized carbons (Fsp3) is 0.385. The van der Waals surface area contributed by atoms with E-state index in [1.165, 1.54) is 24.3 Å². The summed E-state index contributed by atoms with van der Waals surface area (Å²) in [6.45, 7) is 3.30. The predicted octanol–water partition coefficient (Wildman–Crippen LogP) is 3.74. The SMILES string of the molecule is C=C(CC1(O)C(F)(F)C(F)(F)C1(F)F)c1ccccc1. The van der Waals surface area contributed by atoms with Crippen LogP contribution in [0.1, 0.15) is 12.0 Å². The molecule has 0 amide bonds. The standard InChI is InChI=1S/C13H10F6O/c1-8(9-5-3-2-4-6-9)7-10(20)11(14,15)13(18,19)12(10,16)17/h2-6,20H,1,7H2. The predicted molar refractivity (Wildman–Crippen MR) is 59.9 cm³/mol. The lowest BCUT2D eigenvalue weighted by Crippen LogP contribution is -2.86. The van der Waals surface area contributed by atoms with E-state index < -0.39 is 29.8 Å². The second-order valence-electron chi connectivity index (χ2n) is 4.73. The van der Waals surface area contributed by atoms with Gasteiger partial charge in [-0.3, -0.25) is 0 Å². The summed E-state index contributed by atoms with van der Waals surface area (Å²) >= 11 is 0. The molecule has 7 heteroatoms. The molecule has 0 unspecified atom stereocenters. The van der Waals surface area contributed by atoms with E-state index in [-0.39, 0.29) is 11.1 Å². The second-order valence-corrected chi connectivity index (χ2v) is 4.73. The van der Waals surface area contributed by atoms with Crippen LogP contribution >= 0.6 is 0 Å². The number of halogens is 6. The van der Waals surface area contributed by atoms with Crippen molar-refractivity contribution in [3.8, 4) is 0 Å². The molecule has 1 fully saturated rings. The minimum atomic E-state index is -5.58. The van der Waals surface area contributed by atoms with Gasteiger partial charge in [-0.05, 0) is 11.1 Å². The van der Waals surface area contributed by atoms with Crippen molar-refractivity contribution in [1.29, 1.82) is 0 Å². The van der Waals surface area contributed by atoms with Crippen LogP contribution in [0, 0.1) is 0 Å². The molecule has 0 aromatic heterocycles. The zero-order valence-electron chi connectivity index (χ0n) is 10.0. The lowest BCUT2D eigenvalue weighted by Gasteiger charge is -2.56. The van der Waals surface area contributed by atoms with Crippen LogP contribution in [0.15, 0.2) is 36.9 Å². The van der Waals surface area contributed by atoms with Gasteiger partial charge < -0.3 is 5.11 Å². The first kappa shape index (κ1) is 14.9. The normalized spacial score (nSPS) is 24.8. The molecule has 1 nitrogen and oxygen atoms in total. The van der Waals surface area contributed by atoms with Crippen molar-refractivity contribution in [2.45, 2.75) is 29.8 Å². The Morgan fingerprint density at radius 2 is 1.35 bits per heavy atom. The van der Waals surface area contributed by atoms with Gasteiger partial charge in [-0.2, -0.15) is 26.3 Å². The highest BCUT2D eigenvalue weighted by Crippen LogP contribution is 2.68. The van der Waals surface area contributed by atoms with Gasteiger partial charge in [0.15, 0.2) is 0 Å². The molecule has 110 valence electrons. The first-order valence-electron chi connectivity index (χ1n) is 5.58. The largest absolute Gasteiger partial charge is 0.378 e. The van der Waals surface area contributed by atoms with E-state index in [9.17, 15) is 31.4 Å². The Morgan fingerprint density at radius 1 is 0.900 bits per heavy atom. The molecule has 20 heavy (non-hydrogen) atoms. The van der Waals surface area contributed by atoms with Crippen molar-refractivity contribution >= 4 is 5.57 Å². The lowest BCUT2D eigenvalue weighted by atomic mass is 9.64. The van der Waals surface area contributed by atoms with Crippen molar-refractivity contribution in [2.75, 3.05) is 0 Å². The minimum Gasteiger partial charge on any atom is -0.377 e. The molecular formula is C13H10F6O. The molecule has 0 spiro atoms. The average Bonchev–Trinajstić information content (AvgIpc) is 2.38. The van der Waals surface area contributed by atoms with Gasteiger partial charge >= 0.3 is 17.8 Å². The third-order valence-electron chi connectivity index (χ3n) is 3.48. The first-order chi connectivity index (χ1) is 8.99. The average molecular weight is 296 g/mol. The highest BCUT2D eigenvalue weighted by atomic mass is 19.4. The van der Waals surface area contributed by atoms with Crippen LogP contribution in [0.4, 0.5) is 26.3 Å². The third-order valence-corrected chi connectivity index (χ3v) is 3.48. The third kappa shape index (κ3) is 1.49. The summed E-state index contributed by atoms with van der Waals surface area (Å²) in [6.07, 6.45) is -1.35. The highest BCUT2D eigenvalue weighted by Gasteiger charge is 2.98. The summed E-state index contributed by atoms with van der Waals surface area (Å²) in [7, 11) is 0. The van der Waals surface area contributed by atoms with Gasteiger partial charge in [0.05, 0.1) is 0 Å². The molecule has 1 N–H and O–H groups in total. The summed E-state index contributed by atoms with van der Waals surface area (Å²) in [6, 6.07) is 7.36. The molecular weight excluding hydrogens is 286 g/mol. The summed E-state index contributed by atoms with van der Waals surface area (Å²) in [5.41, 5.74) is -4.21. The molecule has 1 aromatic rings. The van der Waals surface area contributed by atoms with Crippen LogP contribution in [0.3, 0.4) is 0 Å². The van der Waals surface area contributed by atoms with E-state index in [0.717, 1.165) is 0 Å². The molecule has 0 saturated heterocycles. The fourth-order valence-electron chi connectivity index (χ4n) is 2.16. The summed E-state index contributed by atoms with van der Waals surface area (Å²) in [5, 5.41) is 9.39. The van der Waals surface area contributed by atoms with Gasteiger partial charge in [0.2, 0.25) is 5.60 Å². The van der Waals surface area contributed by atoms with Crippen LogP contribution in [0.5, 0.6) is 0 Å². The van der Waals surface area contributed by atoms with Crippen LogP contribution in [0.2, 0.25) is 0 Å². The van der Waals surface area contributed by atoms with Gasteiger partial charge in [-0.25, -0.2) is 0 Å². The van der Waals surface area contributed by atoms with E-state index in [4.69, 9.17) is 0 Å². The Balaban J connectivity index is 2.32. The van der Waals surface area contributed by atoms with Gasteiger partial charge in [-0.1, -0.05) is 36.9 Å². The van der Waals surface area contributed by atoms with Crippen LogP contribution in [-0.2, 0) is 0 Å². The summed E-state index contributed by atoms with van der Waals surface area (Å²) in [4.78, 5) is 0. The Hall–Kier alpha value is -1.50. The van der Waals surface area contributed by atoms with Crippen molar-refractivity contribution < 1.29 is 31.4 Å². The quantitative estimate of drug-likeness (QED) is 0.842. The molecule has 1 aromatic carbocycles. The second kappa shape index (κ2) is 4.00. The zero-order valence-corrected chi connectivity index (χ0v) is 10.0. The maximum atomic E-state index is 13.2. The first-order valence-corrected chi connectivity index (χ1v) is 5.58. The number of hydrogen-bond acceptors (Lipinski definition) is 1. The van der Waals surface area contributed by atoms with Gasteiger partial charge in [-0.15, -0.1) is 0 Å². The van der Waals surface area contributed by atoms with Gasteiger partial charge in [0.1, 0.15) is 0 Å². The van der Waals surface area contributed by atoms with Crippen molar-refractivity contribution in [3.05, 3.63) is 42.5 Å². The molecule has 0 atom stereocenters. The summed E-state index contributed by atoms with van der Waals surface area (Å²) < 4.78 is 78.4. The lowest BCUT2D eigenvalue weighted by molar-refractivity contribution is -0.488. The smallest absolute Gasteiger partial charge is 0.377 e. The molecule has 1 saturated carbocycles. The van der Waals surface area contributed by atoms with Gasteiger partial charge in [0.25, 0.3) is 0 Å². The zero-order chi connectivity index (χ0) is 15.4. The Kier molecular flexibility index (Phi) is 2.98. The molecule has 0 bridgehead atoms. The van der Waals surface area contributed by atoms with E-state index in [1.807, 2.05) is 0 Å². The monoisotopic (exact) mass is 296 g/mol. The maximum absolute atomic E-state index is 13.2. The van der Waals surface area contributed by atoms with Crippen LogP contribution in [0.25, 0.3) is 5.57 Å². The van der Waals surface area contributed by atoms with Crippen LogP contribution < -0.4 is 0 Å². The van der Waals surface area contributed by atoms with Gasteiger partial charge in [0, 0.05) is 6.42 Å². The summed E-state index contributed by atoms with van der Waals surface area (Å²) in [5.74, 6) is -16.0. The van der Waals surface area contributed by atoms with E-state index >= 15 is 0 Å². The number of hydrogen-bond donors (Lipinski definition) is 1. The molecule has 0 radical (unpaired) electrons.